The van der Waals surface area contributed by atoms with Crippen molar-refractivity contribution in [2.75, 3.05) is 13.1 Å². The van der Waals surface area contributed by atoms with Crippen LogP contribution in [0.15, 0.2) is 72.8 Å². The molecule has 0 unspecified atom stereocenters. The minimum absolute atomic E-state index is 0.274. The minimum atomic E-state index is -0.330. The number of halogens is 3. The SMILES string of the molecule is O=C(NCc1ccc(F)cc1)n1c2c(c3cc(F)ccc31)CN(CC=Cc1ccc(Cl)cc1)CC2. The number of nitrogens with one attached hydrogen (secondary N) is 1. The van der Waals surface area contributed by atoms with Crippen molar-refractivity contribution in [1.29, 1.82) is 0 Å². The first-order chi connectivity index (χ1) is 17.0. The summed E-state index contributed by atoms with van der Waals surface area (Å²) < 4.78 is 29.0. The minimum Gasteiger partial charge on any atom is -0.333 e. The molecule has 178 valence electrons. The first-order valence-electron chi connectivity index (χ1n) is 11.5. The van der Waals surface area contributed by atoms with Crippen LogP contribution in [0.3, 0.4) is 0 Å². The van der Waals surface area contributed by atoms with E-state index in [9.17, 15) is 13.6 Å². The summed E-state index contributed by atoms with van der Waals surface area (Å²) in [5.41, 5.74) is 4.44. The van der Waals surface area contributed by atoms with E-state index in [4.69, 9.17) is 11.6 Å². The van der Waals surface area contributed by atoms with Crippen LogP contribution in [0.1, 0.15) is 22.4 Å². The summed E-state index contributed by atoms with van der Waals surface area (Å²) in [7, 11) is 0. The van der Waals surface area contributed by atoms with Crippen molar-refractivity contribution < 1.29 is 13.6 Å². The second-order valence-electron chi connectivity index (χ2n) is 8.65. The number of nitrogens with zero attached hydrogens (tertiary/aromatic N) is 2. The molecule has 1 aliphatic rings. The fraction of sp³-hybridized carbons (Fsp3) is 0.179. The van der Waals surface area contributed by atoms with E-state index in [0.717, 1.165) is 40.9 Å². The van der Waals surface area contributed by atoms with Crippen LogP contribution in [0.25, 0.3) is 17.0 Å². The molecule has 3 aromatic carbocycles. The zero-order chi connectivity index (χ0) is 24.4. The van der Waals surface area contributed by atoms with Crippen LogP contribution in [0.5, 0.6) is 0 Å². The molecule has 0 radical (unpaired) electrons. The summed E-state index contributed by atoms with van der Waals surface area (Å²) in [6, 6.07) is 17.9. The van der Waals surface area contributed by atoms with Crippen molar-refractivity contribution in [3.63, 3.8) is 0 Å². The van der Waals surface area contributed by atoms with E-state index in [1.807, 2.05) is 24.3 Å². The van der Waals surface area contributed by atoms with Crippen molar-refractivity contribution in [3.05, 3.63) is 112 Å². The maximum absolute atomic E-state index is 14.2. The highest BCUT2D eigenvalue weighted by Gasteiger charge is 2.26. The van der Waals surface area contributed by atoms with Gasteiger partial charge in [-0.15, -0.1) is 0 Å². The Morgan fingerprint density at radius 3 is 2.51 bits per heavy atom. The monoisotopic (exact) mass is 491 g/mol. The lowest BCUT2D eigenvalue weighted by Gasteiger charge is -2.27. The predicted octanol–water partition coefficient (Wildman–Crippen LogP) is 6.40. The van der Waals surface area contributed by atoms with Crippen molar-refractivity contribution in [2.24, 2.45) is 0 Å². The molecule has 1 aromatic heterocycles. The van der Waals surface area contributed by atoms with Crippen LogP contribution in [0.4, 0.5) is 13.6 Å². The molecule has 1 amide bonds. The third kappa shape index (κ3) is 5.14. The van der Waals surface area contributed by atoms with Gasteiger partial charge in [0.05, 0.1) is 5.52 Å². The molecular weight excluding hydrogens is 468 g/mol. The molecule has 35 heavy (non-hydrogen) atoms. The fourth-order valence-corrected chi connectivity index (χ4v) is 4.67. The Balaban J connectivity index is 1.36. The standard InChI is InChI=1S/C28H24ClF2N3O/c29-21-7-3-19(4-8-21)2-1-14-33-15-13-27-25(18-33)24-16-23(31)11-12-26(24)34(27)28(35)32-17-20-5-9-22(30)10-6-20/h1-12,16H,13-15,17-18H2,(H,32,35). The number of hydrogen-bond donors (Lipinski definition) is 1. The first-order valence-corrected chi connectivity index (χ1v) is 11.8. The molecule has 4 nitrogen and oxygen atoms in total. The van der Waals surface area contributed by atoms with Gasteiger partial charge in [-0.25, -0.2) is 13.6 Å². The van der Waals surface area contributed by atoms with Crippen molar-refractivity contribution in [2.45, 2.75) is 19.5 Å². The normalized spacial score (nSPS) is 13.9. The lowest BCUT2D eigenvalue weighted by molar-refractivity contribution is 0.240. The molecule has 0 saturated heterocycles. The average molecular weight is 492 g/mol. The first kappa shape index (κ1) is 23.3. The second kappa shape index (κ2) is 10.0. The van der Waals surface area contributed by atoms with Gasteiger partial charge in [0.2, 0.25) is 0 Å². The van der Waals surface area contributed by atoms with Gasteiger partial charge in [0, 0.05) is 48.7 Å². The van der Waals surface area contributed by atoms with Gasteiger partial charge in [0.15, 0.2) is 0 Å². The fourth-order valence-electron chi connectivity index (χ4n) is 4.55. The number of hydrogen-bond acceptors (Lipinski definition) is 2. The zero-order valence-electron chi connectivity index (χ0n) is 19.0. The largest absolute Gasteiger partial charge is 0.333 e. The summed E-state index contributed by atoms with van der Waals surface area (Å²) >= 11 is 5.95. The number of aromatic nitrogens is 1. The van der Waals surface area contributed by atoms with Crippen molar-refractivity contribution in [1.82, 2.24) is 14.8 Å². The lowest BCUT2D eigenvalue weighted by atomic mass is 10.0. The van der Waals surface area contributed by atoms with Crippen LogP contribution < -0.4 is 5.32 Å². The van der Waals surface area contributed by atoms with E-state index in [-0.39, 0.29) is 24.2 Å². The zero-order valence-corrected chi connectivity index (χ0v) is 19.7. The smallest absolute Gasteiger partial charge is 0.326 e. The van der Waals surface area contributed by atoms with E-state index in [0.29, 0.717) is 23.5 Å². The molecule has 4 aromatic rings. The van der Waals surface area contributed by atoms with Crippen molar-refractivity contribution in [3.8, 4) is 0 Å². The molecular formula is C28H24ClF2N3O. The molecule has 1 N–H and O–H groups in total. The van der Waals surface area contributed by atoms with Crippen LogP contribution in [-0.2, 0) is 19.5 Å². The van der Waals surface area contributed by atoms with Gasteiger partial charge in [-0.05, 0) is 59.2 Å². The Kier molecular flexibility index (Phi) is 6.66. The molecule has 0 fully saturated rings. The topological polar surface area (TPSA) is 37.3 Å². The second-order valence-corrected chi connectivity index (χ2v) is 9.08. The number of carbonyl (C=O) groups excluding carboxylic acids is 1. The summed E-state index contributed by atoms with van der Waals surface area (Å²) in [5, 5.41) is 4.38. The van der Waals surface area contributed by atoms with Gasteiger partial charge in [0.1, 0.15) is 11.6 Å². The van der Waals surface area contributed by atoms with E-state index in [1.165, 1.54) is 24.3 Å². The van der Waals surface area contributed by atoms with Gasteiger partial charge < -0.3 is 5.32 Å². The quantitative estimate of drug-likeness (QED) is 0.350. The molecule has 7 heteroatoms. The Morgan fingerprint density at radius 2 is 1.74 bits per heavy atom. The number of amides is 1. The number of benzene rings is 3. The van der Waals surface area contributed by atoms with Crippen LogP contribution in [0.2, 0.25) is 5.02 Å². The molecule has 5 rings (SSSR count). The molecule has 0 saturated carbocycles. The van der Waals surface area contributed by atoms with Gasteiger partial charge in [-0.3, -0.25) is 9.47 Å². The third-order valence-electron chi connectivity index (χ3n) is 6.29. The molecule has 0 aliphatic carbocycles. The predicted molar refractivity (Wildman–Crippen MR) is 135 cm³/mol. The summed E-state index contributed by atoms with van der Waals surface area (Å²) in [6.07, 6.45) is 4.82. The molecule has 0 spiro atoms. The van der Waals surface area contributed by atoms with Crippen LogP contribution in [-0.4, -0.2) is 28.6 Å². The molecule has 1 aliphatic heterocycles. The van der Waals surface area contributed by atoms with E-state index >= 15 is 0 Å². The number of carbonyl (C=O) groups is 1. The Hall–Kier alpha value is -3.48. The number of rotatable bonds is 5. The third-order valence-corrected chi connectivity index (χ3v) is 6.55. The van der Waals surface area contributed by atoms with Gasteiger partial charge in [-0.2, -0.15) is 0 Å². The Labute approximate surface area is 207 Å². The summed E-state index contributed by atoms with van der Waals surface area (Å²) in [5.74, 6) is -0.649. The van der Waals surface area contributed by atoms with Crippen LogP contribution >= 0.6 is 11.6 Å². The van der Waals surface area contributed by atoms with Gasteiger partial charge in [0.25, 0.3) is 0 Å². The molecule has 0 atom stereocenters. The Morgan fingerprint density at radius 1 is 1.00 bits per heavy atom. The molecule has 0 bridgehead atoms. The lowest BCUT2D eigenvalue weighted by Crippen LogP contribution is -2.34. The van der Waals surface area contributed by atoms with Crippen molar-refractivity contribution >= 4 is 34.6 Å². The van der Waals surface area contributed by atoms with Crippen LogP contribution in [0, 0.1) is 11.6 Å². The van der Waals surface area contributed by atoms with Gasteiger partial charge >= 0.3 is 6.03 Å². The van der Waals surface area contributed by atoms with E-state index < -0.39 is 0 Å². The Bertz CT molecular complexity index is 1390. The average Bonchev–Trinajstić information content (AvgIpc) is 3.18. The molecule has 2 heterocycles. The maximum Gasteiger partial charge on any atom is 0.326 e. The maximum atomic E-state index is 14.2. The van der Waals surface area contributed by atoms with E-state index in [2.05, 4.69) is 22.4 Å². The van der Waals surface area contributed by atoms with Gasteiger partial charge in [-0.1, -0.05) is 48.0 Å². The highest BCUT2D eigenvalue weighted by molar-refractivity contribution is 6.30. The summed E-state index contributed by atoms with van der Waals surface area (Å²) in [6.45, 7) is 2.41. The highest BCUT2D eigenvalue weighted by Crippen LogP contribution is 2.31. The van der Waals surface area contributed by atoms with E-state index in [1.54, 1.807) is 22.8 Å². The summed E-state index contributed by atoms with van der Waals surface area (Å²) in [4.78, 5) is 15.5. The highest BCUT2D eigenvalue weighted by atomic mass is 35.5. The number of fused-ring (bicyclic) bond motifs is 3.